The molecule has 0 aromatic carbocycles. The van der Waals surface area contributed by atoms with Gasteiger partial charge in [0, 0.05) is 20.1 Å². The normalized spacial score (nSPS) is 19.2. The van der Waals surface area contributed by atoms with Gasteiger partial charge >= 0.3 is 0 Å². The summed E-state index contributed by atoms with van der Waals surface area (Å²) >= 11 is 5.89. The fraction of sp³-hybridized carbons (Fsp3) is 0.727. The van der Waals surface area contributed by atoms with E-state index in [0.717, 1.165) is 19.5 Å². The topological polar surface area (TPSA) is 53.9 Å². The molecule has 0 bridgehead atoms. The lowest BCUT2D eigenvalue weighted by Crippen LogP contribution is -2.41. The maximum absolute atomic E-state index is 5.89. The molecular weight excluding hydrogens is 238 g/mol. The Kier molecular flexibility index (Phi) is 3.38. The van der Waals surface area contributed by atoms with Gasteiger partial charge in [-0.25, -0.2) is 0 Å². The maximum Gasteiger partial charge on any atom is 0.231 e. The predicted molar refractivity (Wildman–Crippen MR) is 69.6 cm³/mol. The number of hydrogen-bond acceptors (Lipinski definition) is 5. The molecule has 1 aliphatic heterocycles. The number of anilines is 2. The van der Waals surface area contributed by atoms with Crippen molar-refractivity contribution >= 4 is 23.5 Å². The Hall–Kier alpha value is -1.10. The van der Waals surface area contributed by atoms with E-state index in [9.17, 15) is 0 Å². The summed E-state index contributed by atoms with van der Waals surface area (Å²) in [5, 5.41) is 3.13. The summed E-state index contributed by atoms with van der Waals surface area (Å²) in [5.74, 6) is 1.19. The molecule has 6 heteroatoms. The highest BCUT2D eigenvalue weighted by atomic mass is 35.5. The third kappa shape index (κ3) is 2.97. The van der Waals surface area contributed by atoms with E-state index < -0.39 is 0 Å². The van der Waals surface area contributed by atoms with Crippen molar-refractivity contribution < 1.29 is 0 Å². The second kappa shape index (κ2) is 4.64. The molecule has 2 rings (SSSR count). The van der Waals surface area contributed by atoms with Crippen LogP contribution >= 0.6 is 11.6 Å². The summed E-state index contributed by atoms with van der Waals surface area (Å²) in [4.78, 5) is 14.7. The summed E-state index contributed by atoms with van der Waals surface area (Å²) in [6, 6.07) is 0. The van der Waals surface area contributed by atoms with Crippen LogP contribution in [-0.2, 0) is 0 Å². The number of hydrogen-bond donors (Lipinski definition) is 1. The van der Waals surface area contributed by atoms with Crippen molar-refractivity contribution in [1.29, 1.82) is 0 Å². The van der Waals surface area contributed by atoms with Gasteiger partial charge in [0.1, 0.15) is 0 Å². The summed E-state index contributed by atoms with van der Waals surface area (Å²) < 4.78 is 0. The zero-order chi connectivity index (χ0) is 12.5. The highest BCUT2D eigenvalue weighted by Gasteiger charge is 2.28. The predicted octanol–water partition coefficient (Wildman–Crippen LogP) is 2.19. The van der Waals surface area contributed by atoms with Crippen LogP contribution in [-0.4, -0.2) is 35.1 Å². The van der Waals surface area contributed by atoms with E-state index in [1.165, 1.54) is 6.42 Å². The minimum atomic E-state index is 0.239. The van der Waals surface area contributed by atoms with Gasteiger partial charge in [0.05, 0.1) is 0 Å². The summed E-state index contributed by atoms with van der Waals surface area (Å²) in [7, 11) is 1.77. The SMILES string of the molecule is CNc1nc(Cl)nc(N2CCCC(C)(C)C2)n1. The molecule has 0 unspecified atom stereocenters. The standard InChI is InChI=1S/C11H18ClN5/c1-11(2)5-4-6-17(7-11)10-15-8(12)14-9(13-3)16-10/h4-7H2,1-3H3,(H,13,14,15,16). The van der Waals surface area contributed by atoms with E-state index in [1.54, 1.807) is 7.05 Å². The third-order valence-corrected chi connectivity index (χ3v) is 3.17. The van der Waals surface area contributed by atoms with Gasteiger partial charge < -0.3 is 10.2 Å². The number of rotatable bonds is 2. The molecule has 1 aliphatic rings. The van der Waals surface area contributed by atoms with E-state index in [1.807, 2.05) is 0 Å². The van der Waals surface area contributed by atoms with Crippen molar-refractivity contribution in [3.05, 3.63) is 5.28 Å². The second-order valence-electron chi connectivity index (χ2n) is 5.17. The van der Waals surface area contributed by atoms with Crippen LogP contribution in [0, 0.1) is 5.41 Å². The minimum absolute atomic E-state index is 0.239. The van der Waals surface area contributed by atoms with E-state index in [2.05, 4.69) is 39.0 Å². The molecule has 0 aliphatic carbocycles. The van der Waals surface area contributed by atoms with Gasteiger partial charge in [0.2, 0.25) is 17.2 Å². The Morgan fingerprint density at radius 1 is 1.29 bits per heavy atom. The van der Waals surface area contributed by atoms with Crippen molar-refractivity contribution in [3.8, 4) is 0 Å². The summed E-state index contributed by atoms with van der Waals surface area (Å²) in [5.41, 5.74) is 0.303. The van der Waals surface area contributed by atoms with E-state index in [-0.39, 0.29) is 5.28 Å². The van der Waals surface area contributed by atoms with E-state index >= 15 is 0 Å². The second-order valence-corrected chi connectivity index (χ2v) is 5.51. The van der Waals surface area contributed by atoms with Crippen LogP contribution in [0.3, 0.4) is 0 Å². The van der Waals surface area contributed by atoms with Gasteiger partial charge in [0.25, 0.3) is 0 Å². The van der Waals surface area contributed by atoms with Gasteiger partial charge in [-0.2, -0.15) is 15.0 Å². The van der Waals surface area contributed by atoms with E-state index in [4.69, 9.17) is 11.6 Å². The molecule has 5 nitrogen and oxygen atoms in total. The number of nitrogens with zero attached hydrogens (tertiary/aromatic N) is 4. The quantitative estimate of drug-likeness (QED) is 0.878. The molecule has 0 amide bonds. The Morgan fingerprint density at radius 3 is 2.71 bits per heavy atom. The van der Waals surface area contributed by atoms with Crippen molar-refractivity contribution in [2.24, 2.45) is 5.41 Å². The monoisotopic (exact) mass is 255 g/mol. The Bertz CT molecular complexity index is 407. The molecular formula is C11H18ClN5. The molecule has 1 fully saturated rings. The fourth-order valence-electron chi connectivity index (χ4n) is 2.19. The van der Waals surface area contributed by atoms with E-state index in [0.29, 0.717) is 17.3 Å². The van der Waals surface area contributed by atoms with Crippen LogP contribution in [0.15, 0.2) is 0 Å². The number of nitrogens with one attached hydrogen (secondary N) is 1. The number of aromatic nitrogens is 3. The molecule has 0 spiro atoms. The van der Waals surface area contributed by atoms with Gasteiger partial charge in [-0.3, -0.25) is 0 Å². The highest BCUT2D eigenvalue weighted by Crippen LogP contribution is 2.30. The van der Waals surface area contributed by atoms with Crippen LogP contribution in [0.4, 0.5) is 11.9 Å². The number of halogens is 1. The van der Waals surface area contributed by atoms with Crippen LogP contribution in [0.2, 0.25) is 5.28 Å². The minimum Gasteiger partial charge on any atom is -0.357 e. The average Bonchev–Trinajstić information content (AvgIpc) is 2.27. The van der Waals surface area contributed by atoms with Crippen LogP contribution in [0.25, 0.3) is 0 Å². The summed E-state index contributed by atoms with van der Waals surface area (Å²) in [6.45, 7) is 6.46. The van der Waals surface area contributed by atoms with Gasteiger partial charge in [0.15, 0.2) is 0 Å². The first-order chi connectivity index (χ1) is 8.00. The molecule has 1 saturated heterocycles. The first-order valence-corrected chi connectivity index (χ1v) is 6.22. The first kappa shape index (κ1) is 12.4. The van der Waals surface area contributed by atoms with Crippen molar-refractivity contribution in [1.82, 2.24) is 15.0 Å². The average molecular weight is 256 g/mol. The van der Waals surface area contributed by atoms with Gasteiger partial charge in [-0.1, -0.05) is 13.8 Å². The zero-order valence-electron chi connectivity index (χ0n) is 10.5. The van der Waals surface area contributed by atoms with Crippen molar-refractivity contribution in [2.45, 2.75) is 26.7 Å². The lowest BCUT2D eigenvalue weighted by atomic mass is 9.84. The molecule has 94 valence electrons. The molecule has 1 aromatic rings. The lowest BCUT2D eigenvalue weighted by Gasteiger charge is -2.38. The van der Waals surface area contributed by atoms with Crippen LogP contribution in [0.5, 0.6) is 0 Å². The maximum atomic E-state index is 5.89. The van der Waals surface area contributed by atoms with Crippen molar-refractivity contribution in [2.75, 3.05) is 30.4 Å². The van der Waals surface area contributed by atoms with Gasteiger partial charge in [-0.05, 0) is 29.9 Å². The van der Waals surface area contributed by atoms with Gasteiger partial charge in [-0.15, -0.1) is 0 Å². The Balaban J connectivity index is 2.24. The molecule has 0 atom stereocenters. The molecule has 1 aromatic heterocycles. The summed E-state index contributed by atoms with van der Waals surface area (Å²) in [6.07, 6.45) is 2.40. The molecule has 1 N–H and O–H groups in total. The Morgan fingerprint density at radius 2 is 2.06 bits per heavy atom. The van der Waals surface area contributed by atoms with Crippen LogP contribution < -0.4 is 10.2 Å². The lowest BCUT2D eigenvalue weighted by molar-refractivity contribution is 0.291. The zero-order valence-corrected chi connectivity index (χ0v) is 11.3. The third-order valence-electron chi connectivity index (χ3n) is 3.00. The molecule has 2 heterocycles. The number of piperidine rings is 1. The smallest absolute Gasteiger partial charge is 0.231 e. The fourth-order valence-corrected chi connectivity index (χ4v) is 2.34. The van der Waals surface area contributed by atoms with Crippen molar-refractivity contribution in [3.63, 3.8) is 0 Å². The molecule has 17 heavy (non-hydrogen) atoms. The Labute approximate surface area is 107 Å². The molecule has 0 radical (unpaired) electrons. The van der Waals surface area contributed by atoms with Crippen LogP contribution in [0.1, 0.15) is 26.7 Å². The largest absolute Gasteiger partial charge is 0.357 e. The first-order valence-electron chi connectivity index (χ1n) is 5.84. The highest BCUT2D eigenvalue weighted by molar-refractivity contribution is 6.28. The molecule has 0 saturated carbocycles.